The van der Waals surface area contributed by atoms with Crippen LogP contribution in [-0.4, -0.2) is 29.5 Å². The second-order valence-corrected chi connectivity index (χ2v) is 5.13. The second-order valence-electron chi connectivity index (χ2n) is 5.13. The Morgan fingerprint density at radius 2 is 1.74 bits per heavy atom. The summed E-state index contributed by atoms with van der Waals surface area (Å²) in [4.78, 5) is 11.0. The lowest BCUT2D eigenvalue weighted by Crippen LogP contribution is -2.45. The van der Waals surface area contributed by atoms with Crippen molar-refractivity contribution in [3.63, 3.8) is 0 Å². The van der Waals surface area contributed by atoms with Crippen LogP contribution >= 0.6 is 0 Å². The van der Waals surface area contributed by atoms with E-state index in [1.165, 1.54) is 0 Å². The Balaban J connectivity index is 2.83. The molecule has 130 valence electrons. The summed E-state index contributed by atoms with van der Waals surface area (Å²) in [6.45, 7) is 1.60. The van der Waals surface area contributed by atoms with Gasteiger partial charge in [-0.25, -0.2) is 0 Å². The monoisotopic (exact) mass is 343 g/mol. The molecule has 9 heteroatoms. The van der Waals surface area contributed by atoms with Gasteiger partial charge < -0.3 is 10.4 Å². The topological polar surface area (TPSA) is 49.3 Å². The Bertz CT molecular complexity index is 527. The van der Waals surface area contributed by atoms with Gasteiger partial charge in [0.1, 0.15) is 6.04 Å². The molecule has 0 aliphatic heterocycles. The molecule has 1 unspecified atom stereocenters. The Labute approximate surface area is 128 Å². The predicted octanol–water partition coefficient (Wildman–Crippen LogP) is 3.67. The highest BCUT2D eigenvalue weighted by Crippen LogP contribution is 2.42. The molecule has 0 amide bonds. The van der Waals surface area contributed by atoms with Crippen molar-refractivity contribution < 1.29 is 36.2 Å². The van der Waals surface area contributed by atoms with E-state index >= 15 is 0 Å². The van der Waals surface area contributed by atoms with Gasteiger partial charge >= 0.3 is 18.3 Å². The summed E-state index contributed by atoms with van der Waals surface area (Å²) in [5.41, 5.74) is 1.39. The lowest BCUT2D eigenvalue weighted by Gasteiger charge is -2.26. The minimum atomic E-state index is -5.56. The van der Waals surface area contributed by atoms with Gasteiger partial charge in [0.05, 0.1) is 0 Å². The molecular formula is C14H15F6NO2. The largest absolute Gasteiger partial charge is 0.480 e. The number of nitrogens with one attached hydrogen (secondary N) is 1. The van der Waals surface area contributed by atoms with Crippen LogP contribution in [0.2, 0.25) is 0 Å². The molecule has 2 N–H and O–H groups in total. The first-order valence-corrected chi connectivity index (χ1v) is 6.56. The third-order valence-electron chi connectivity index (χ3n) is 3.19. The molecule has 0 bridgehead atoms. The van der Waals surface area contributed by atoms with Crippen LogP contribution in [0.15, 0.2) is 24.3 Å². The van der Waals surface area contributed by atoms with Crippen molar-refractivity contribution in [3.8, 4) is 0 Å². The van der Waals surface area contributed by atoms with E-state index in [4.69, 9.17) is 5.11 Å². The number of benzene rings is 1. The van der Waals surface area contributed by atoms with Crippen LogP contribution < -0.4 is 5.32 Å². The van der Waals surface area contributed by atoms with E-state index in [2.05, 4.69) is 5.32 Å². The number of halogens is 6. The average molecular weight is 343 g/mol. The molecule has 0 saturated carbocycles. The van der Waals surface area contributed by atoms with Gasteiger partial charge in [-0.3, -0.25) is 4.79 Å². The summed E-state index contributed by atoms with van der Waals surface area (Å²) < 4.78 is 75.1. The molecule has 1 aromatic rings. The molecule has 0 saturated heterocycles. The minimum absolute atomic E-state index is 0.152. The zero-order chi connectivity index (χ0) is 17.8. The smallest absolute Gasteiger partial charge is 0.400 e. The normalized spacial score (nSPS) is 14.1. The average Bonchev–Trinajstić information content (AvgIpc) is 2.35. The van der Waals surface area contributed by atoms with Crippen LogP contribution in [0.1, 0.15) is 17.5 Å². The molecule has 0 spiro atoms. The maximum atomic E-state index is 12.5. The molecule has 0 heterocycles. The number of alkyl halides is 6. The van der Waals surface area contributed by atoms with Crippen molar-refractivity contribution >= 4 is 5.97 Å². The van der Waals surface area contributed by atoms with Crippen molar-refractivity contribution in [1.29, 1.82) is 0 Å². The number of hydrogen-bond donors (Lipinski definition) is 2. The highest BCUT2D eigenvalue weighted by molar-refractivity contribution is 5.73. The van der Waals surface area contributed by atoms with E-state index < -0.39 is 36.7 Å². The Kier molecular flexibility index (Phi) is 6.04. The lowest BCUT2D eigenvalue weighted by molar-refractivity contribution is -0.286. The van der Waals surface area contributed by atoms with E-state index in [1.54, 1.807) is 31.2 Å². The molecule has 1 atom stereocenters. The maximum Gasteiger partial charge on any atom is 0.400 e. The van der Waals surface area contributed by atoms with Crippen LogP contribution in [0, 0.1) is 12.8 Å². The Morgan fingerprint density at radius 1 is 1.17 bits per heavy atom. The number of aliphatic carboxylic acids is 1. The molecule has 0 fully saturated rings. The van der Waals surface area contributed by atoms with E-state index in [1.807, 2.05) is 0 Å². The van der Waals surface area contributed by atoms with Crippen molar-refractivity contribution in [2.24, 2.45) is 5.92 Å². The van der Waals surface area contributed by atoms with Gasteiger partial charge in [0, 0.05) is 6.54 Å². The Hall–Kier alpha value is -1.77. The number of carbonyl (C=O) groups is 1. The second kappa shape index (κ2) is 7.20. The van der Waals surface area contributed by atoms with Crippen molar-refractivity contribution in [1.82, 2.24) is 5.32 Å². The summed E-state index contributed by atoms with van der Waals surface area (Å²) in [5, 5.41) is 11.1. The summed E-state index contributed by atoms with van der Waals surface area (Å²) >= 11 is 0. The minimum Gasteiger partial charge on any atom is -0.480 e. The first kappa shape index (κ1) is 19.3. The molecule has 1 aromatic carbocycles. The maximum absolute atomic E-state index is 12.5. The van der Waals surface area contributed by atoms with Gasteiger partial charge in [0.2, 0.25) is 0 Å². The quantitative estimate of drug-likeness (QED) is 0.775. The number of carboxylic acids is 1. The lowest BCUT2D eigenvalue weighted by atomic mass is 9.98. The highest BCUT2D eigenvalue weighted by Gasteiger charge is 2.57. The van der Waals surface area contributed by atoms with Gasteiger partial charge in [-0.15, -0.1) is 0 Å². The zero-order valence-electron chi connectivity index (χ0n) is 12.0. The zero-order valence-corrected chi connectivity index (χ0v) is 12.0. The van der Waals surface area contributed by atoms with Gasteiger partial charge in [-0.2, -0.15) is 26.3 Å². The van der Waals surface area contributed by atoms with Crippen LogP contribution in [0.5, 0.6) is 0 Å². The standard InChI is InChI=1S/C14H15F6NO2/c1-8-3-2-4-9(5-8)7-21-10(12(22)23)6-11(13(15,16)17)14(18,19)20/h2-5,10-11,21H,6-7H2,1H3,(H,22,23). The summed E-state index contributed by atoms with van der Waals surface area (Å²) in [6.07, 6.45) is -12.7. The molecule has 1 rings (SSSR count). The van der Waals surface area contributed by atoms with Gasteiger partial charge in [0.25, 0.3) is 0 Å². The van der Waals surface area contributed by atoms with E-state index in [-0.39, 0.29) is 6.54 Å². The van der Waals surface area contributed by atoms with Crippen molar-refractivity contribution in [2.75, 3.05) is 0 Å². The summed E-state index contributed by atoms with van der Waals surface area (Å²) in [5.74, 6) is -5.46. The predicted molar refractivity (Wildman–Crippen MR) is 69.7 cm³/mol. The van der Waals surface area contributed by atoms with Crippen LogP contribution in [0.4, 0.5) is 26.3 Å². The van der Waals surface area contributed by atoms with Crippen molar-refractivity contribution in [3.05, 3.63) is 35.4 Å². The molecule has 0 aliphatic carbocycles. The molecule has 0 radical (unpaired) electrons. The number of aryl methyl sites for hydroxylation is 1. The third kappa shape index (κ3) is 6.09. The van der Waals surface area contributed by atoms with E-state index in [9.17, 15) is 31.1 Å². The molecule has 0 aromatic heterocycles. The first-order valence-electron chi connectivity index (χ1n) is 6.56. The van der Waals surface area contributed by atoms with E-state index in [0.29, 0.717) is 5.56 Å². The van der Waals surface area contributed by atoms with Crippen LogP contribution in [0.25, 0.3) is 0 Å². The third-order valence-corrected chi connectivity index (χ3v) is 3.19. The van der Waals surface area contributed by atoms with Crippen LogP contribution in [-0.2, 0) is 11.3 Å². The van der Waals surface area contributed by atoms with Crippen LogP contribution in [0.3, 0.4) is 0 Å². The number of hydrogen-bond acceptors (Lipinski definition) is 2. The fourth-order valence-electron chi connectivity index (χ4n) is 2.02. The molecular weight excluding hydrogens is 328 g/mol. The summed E-state index contributed by atoms with van der Waals surface area (Å²) in [6, 6.07) is 4.67. The first-order chi connectivity index (χ1) is 10.4. The Morgan fingerprint density at radius 3 is 2.17 bits per heavy atom. The molecule has 0 aliphatic rings. The number of rotatable bonds is 6. The van der Waals surface area contributed by atoms with Gasteiger partial charge in [-0.05, 0) is 18.9 Å². The van der Waals surface area contributed by atoms with Crippen molar-refractivity contribution in [2.45, 2.75) is 38.3 Å². The fourth-order valence-corrected chi connectivity index (χ4v) is 2.02. The van der Waals surface area contributed by atoms with E-state index in [0.717, 1.165) is 5.56 Å². The van der Waals surface area contributed by atoms with Gasteiger partial charge in [0.15, 0.2) is 5.92 Å². The number of carboxylic acid groups (broad SMARTS) is 1. The SMILES string of the molecule is Cc1cccc(CNC(CC(C(F)(F)F)C(F)(F)F)C(=O)O)c1. The van der Waals surface area contributed by atoms with Gasteiger partial charge in [-0.1, -0.05) is 29.8 Å². The molecule has 23 heavy (non-hydrogen) atoms. The highest BCUT2D eigenvalue weighted by atomic mass is 19.4. The fraction of sp³-hybridized carbons (Fsp3) is 0.500. The molecule has 3 nitrogen and oxygen atoms in total. The summed E-state index contributed by atoms with van der Waals surface area (Å²) in [7, 11) is 0.